The first-order valence-electron chi connectivity index (χ1n) is 4.17. The number of halogens is 1. The van der Waals surface area contributed by atoms with Crippen molar-refractivity contribution < 1.29 is 4.39 Å². The molecule has 11 heavy (non-hydrogen) atoms. The van der Waals surface area contributed by atoms with Gasteiger partial charge >= 0.3 is 0 Å². The van der Waals surface area contributed by atoms with Gasteiger partial charge in [-0.1, -0.05) is 17.9 Å². The molecule has 0 aliphatic heterocycles. The van der Waals surface area contributed by atoms with E-state index >= 15 is 0 Å². The van der Waals surface area contributed by atoms with Crippen molar-refractivity contribution in [2.75, 3.05) is 6.67 Å². The van der Waals surface area contributed by atoms with Crippen LogP contribution >= 0.6 is 0 Å². The maximum Gasteiger partial charge on any atom is 0.100 e. The summed E-state index contributed by atoms with van der Waals surface area (Å²) in [7, 11) is 0. The van der Waals surface area contributed by atoms with Gasteiger partial charge in [0.25, 0.3) is 0 Å². The Bertz CT molecular complexity index is 193. The lowest BCUT2D eigenvalue weighted by Gasteiger charge is -2.05. The average Bonchev–Trinajstić information content (AvgIpc) is 2.07. The molecule has 1 aliphatic carbocycles. The van der Waals surface area contributed by atoms with Crippen LogP contribution in [0.25, 0.3) is 0 Å². The third kappa shape index (κ3) is 3.23. The van der Waals surface area contributed by atoms with Crippen molar-refractivity contribution in [3.05, 3.63) is 11.6 Å². The summed E-state index contributed by atoms with van der Waals surface area (Å²) >= 11 is 0. The first-order valence-corrected chi connectivity index (χ1v) is 4.17. The Balaban J connectivity index is 2.36. The van der Waals surface area contributed by atoms with Crippen LogP contribution in [0, 0.1) is 11.8 Å². The Kier molecular flexibility index (Phi) is 3.75. The number of rotatable bonds is 1. The first-order chi connectivity index (χ1) is 5.43. The van der Waals surface area contributed by atoms with Gasteiger partial charge in [0.2, 0.25) is 0 Å². The van der Waals surface area contributed by atoms with Crippen molar-refractivity contribution >= 4 is 0 Å². The number of alkyl halides is 1. The minimum Gasteiger partial charge on any atom is -0.250 e. The molecule has 0 atom stereocenters. The van der Waals surface area contributed by atoms with Gasteiger partial charge in [-0.05, 0) is 31.3 Å². The maximum absolute atomic E-state index is 11.6. The number of allylic oxidation sites excluding steroid dienone is 2. The Morgan fingerprint density at radius 3 is 3.00 bits per heavy atom. The molecule has 0 nitrogen and oxygen atoms in total. The molecule has 1 rings (SSSR count). The van der Waals surface area contributed by atoms with Gasteiger partial charge in [-0.15, -0.1) is 0 Å². The van der Waals surface area contributed by atoms with Gasteiger partial charge < -0.3 is 0 Å². The molecule has 0 N–H and O–H groups in total. The van der Waals surface area contributed by atoms with Crippen molar-refractivity contribution in [3.63, 3.8) is 0 Å². The van der Waals surface area contributed by atoms with Gasteiger partial charge in [-0.25, -0.2) is 0 Å². The van der Waals surface area contributed by atoms with Gasteiger partial charge in [-0.2, -0.15) is 0 Å². The van der Waals surface area contributed by atoms with Crippen molar-refractivity contribution in [2.45, 2.75) is 32.1 Å². The molecule has 0 unspecified atom stereocenters. The van der Waals surface area contributed by atoms with Crippen molar-refractivity contribution in [2.24, 2.45) is 0 Å². The normalized spacial score (nSPS) is 16.6. The smallest absolute Gasteiger partial charge is 0.100 e. The van der Waals surface area contributed by atoms with E-state index < -0.39 is 0 Å². The van der Waals surface area contributed by atoms with E-state index in [0.29, 0.717) is 6.42 Å². The van der Waals surface area contributed by atoms with Crippen LogP contribution in [0.2, 0.25) is 0 Å². The Labute approximate surface area is 67.5 Å². The molecule has 60 valence electrons. The van der Waals surface area contributed by atoms with Gasteiger partial charge in [0.15, 0.2) is 0 Å². The van der Waals surface area contributed by atoms with Crippen LogP contribution in [0.5, 0.6) is 0 Å². The van der Waals surface area contributed by atoms with Crippen LogP contribution in [0.1, 0.15) is 32.1 Å². The molecule has 0 amide bonds. The largest absolute Gasteiger partial charge is 0.250 e. The molecule has 1 heteroatoms. The second-order valence-corrected chi connectivity index (χ2v) is 2.72. The topological polar surface area (TPSA) is 0 Å². The van der Waals surface area contributed by atoms with Crippen molar-refractivity contribution in [1.82, 2.24) is 0 Å². The van der Waals surface area contributed by atoms with Crippen LogP contribution in [0.4, 0.5) is 4.39 Å². The second kappa shape index (κ2) is 4.96. The SMILES string of the molecule is FCCC#CC1=CCCCC1. The van der Waals surface area contributed by atoms with Crippen LogP contribution in [0.15, 0.2) is 11.6 Å². The minimum atomic E-state index is -0.319. The second-order valence-electron chi connectivity index (χ2n) is 2.72. The first kappa shape index (κ1) is 8.33. The summed E-state index contributed by atoms with van der Waals surface area (Å²) in [6, 6.07) is 0. The lowest BCUT2D eigenvalue weighted by atomic mass is 10.0. The average molecular weight is 152 g/mol. The molecule has 0 saturated carbocycles. The van der Waals surface area contributed by atoms with E-state index in [1.807, 2.05) is 0 Å². The molecule has 0 aromatic rings. The fourth-order valence-corrected chi connectivity index (χ4v) is 1.17. The van der Waals surface area contributed by atoms with E-state index in [-0.39, 0.29) is 6.67 Å². The maximum atomic E-state index is 11.6. The highest BCUT2D eigenvalue weighted by molar-refractivity contribution is 5.29. The van der Waals surface area contributed by atoms with Crippen LogP contribution in [-0.2, 0) is 0 Å². The number of hydrogen-bond donors (Lipinski definition) is 0. The molecule has 0 saturated heterocycles. The zero-order valence-electron chi connectivity index (χ0n) is 6.70. The number of hydrogen-bond acceptors (Lipinski definition) is 0. The lowest BCUT2D eigenvalue weighted by Crippen LogP contribution is -1.88. The van der Waals surface area contributed by atoms with Gasteiger partial charge in [-0.3, -0.25) is 4.39 Å². The van der Waals surface area contributed by atoms with Gasteiger partial charge in [0.1, 0.15) is 6.67 Å². The molecular formula is C10H13F. The monoisotopic (exact) mass is 152 g/mol. The van der Waals surface area contributed by atoms with Crippen LogP contribution < -0.4 is 0 Å². The predicted octanol–water partition coefficient (Wildman–Crippen LogP) is 2.85. The summed E-state index contributed by atoms with van der Waals surface area (Å²) in [5.74, 6) is 5.81. The fourth-order valence-electron chi connectivity index (χ4n) is 1.17. The van der Waals surface area contributed by atoms with E-state index in [1.165, 1.54) is 18.4 Å². The highest BCUT2D eigenvalue weighted by Crippen LogP contribution is 2.15. The summed E-state index contributed by atoms with van der Waals surface area (Å²) in [6.45, 7) is -0.319. The molecular weight excluding hydrogens is 139 g/mol. The zero-order valence-corrected chi connectivity index (χ0v) is 6.70. The summed E-state index contributed by atoms with van der Waals surface area (Å²) in [5, 5.41) is 0. The summed E-state index contributed by atoms with van der Waals surface area (Å²) in [5.41, 5.74) is 1.21. The molecule has 1 aliphatic rings. The molecule has 0 aromatic heterocycles. The van der Waals surface area contributed by atoms with Crippen molar-refractivity contribution in [1.29, 1.82) is 0 Å². The van der Waals surface area contributed by atoms with E-state index in [1.54, 1.807) is 0 Å². The lowest BCUT2D eigenvalue weighted by molar-refractivity contribution is 0.505. The van der Waals surface area contributed by atoms with Crippen LogP contribution in [0.3, 0.4) is 0 Å². The Morgan fingerprint density at radius 2 is 2.36 bits per heavy atom. The van der Waals surface area contributed by atoms with E-state index in [4.69, 9.17) is 0 Å². The van der Waals surface area contributed by atoms with Gasteiger partial charge in [0.05, 0.1) is 0 Å². The molecule has 0 spiro atoms. The molecule has 0 bridgehead atoms. The van der Waals surface area contributed by atoms with E-state index in [9.17, 15) is 4.39 Å². The highest BCUT2D eigenvalue weighted by Gasteiger charge is 1.98. The quantitative estimate of drug-likeness (QED) is 0.507. The zero-order chi connectivity index (χ0) is 7.94. The van der Waals surface area contributed by atoms with Crippen molar-refractivity contribution in [3.8, 4) is 11.8 Å². The Hall–Kier alpha value is -0.770. The fraction of sp³-hybridized carbons (Fsp3) is 0.600. The highest BCUT2D eigenvalue weighted by atomic mass is 19.1. The third-order valence-electron chi connectivity index (χ3n) is 1.76. The summed E-state index contributed by atoms with van der Waals surface area (Å²) < 4.78 is 11.6. The summed E-state index contributed by atoms with van der Waals surface area (Å²) in [4.78, 5) is 0. The summed E-state index contributed by atoms with van der Waals surface area (Å²) in [6.07, 6.45) is 7.34. The minimum absolute atomic E-state index is 0.319. The molecule has 0 radical (unpaired) electrons. The van der Waals surface area contributed by atoms with Crippen LogP contribution in [-0.4, -0.2) is 6.67 Å². The molecule has 0 aromatic carbocycles. The van der Waals surface area contributed by atoms with E-state index in [0.717, 1.165) is 12.8 Å². The third-order valence-corrected chi connectivity index (χ3v) is 1.76. The van der Waals surface area contributed by atoms with Gasteiger partial charge in [0, 0.05) is 6.42 Å². The van der Waals surface area contributed by atoms with E-state index in [2.05, 4.69) is 17.9 Å². The Morgan fingerprint density at radius 1 is 1.45 bits per heavy atom. The molecule has 0 heterocycles. The standard InChI is InChI=1S/C10H13F/c11-9-5-4-8-10-6-2-1-3-7-10/h6H,1-3,5,7,9H2. The predicted molar refractivity (Wildman–Crippen MR) is 44.9 cm³/mol. The molecule has 0 fully saturated rings.